The van der Waals surface area contributed by atoms with E-state index in [0.717, 1.165) is 30.8 Å². The minimum atomic E-state index is -2.24. The molecule has 0 saturated carbocycles. The van der Waals surface area contributed by atoms with Crippen molar-refractivity contribution in [1.82, 2.24) is 39.0 Å². The summed E-state index contributed by atoms with van der Waals surface area (Å²) >= 11 is 12.3. The number of anilines is 2. The van der Waals surface area contributed by atoms with Crippen LogP contribution in [0.25, 0.3) is 22.3 Å². The third-order valence-corrected chi connectivity index (χ3v) is 25.2. The van der Waals surface area contributed by atoms with E-state index in [1.807, 2.05) is 53.1 Å². The first kappa shape index (κ1) is 60.5. The number of aliphatic hydroxyl groups is 1. The van der Waals surface area contributed by atoms with Crippen LogP contribution in [0.5, 0.6) is 0 Å². The molecule has 22 heteroatoms. The van der Waals surface area contributed by atoms with Crippen LogP contribution in [0.4, 0.5) is 11.6 Å². The molecule has 3 saturated heterocycles. The number of ether oxygens (including phenoxy) is 5. The van der Waals surface area contributed by atoms with E-state index < -0.39 is 52.1 Å². The lowest BCUT2D eigenvalue weighted by Gasteiger charge is -2.44. The van der Waals surface area contributed by atoms with Gasteiger partial charge in [-0.1, -0.05) is 123 Å². The number of hydrogen-bond donors (Lipinski definition) is 3. The van der Waals surface area contributed by atoms with Crippen LogP contribution in [0, 0.1) is 10.8 Å². The summed E-state index contributed by atoms with van der Waals surface area (Å²) in [4.78, 5) is 25.8. The van der Waals surface area contributed by atoms with Gasteiger partial charge >= 0.3 is 0 Å². The maximum absolute atomic E-state index is 10.4. The van der Waals surface area contributed by atoms with Gasteiger partial charge in [0.1, 0.15) is 29.6 Å². The van der Waals surface area contributed by atoms with Crippen molar-refractivity contribution < 1.29 is 37.6 Å². The molecule has 5 N–H and O–H groups in total. The van der Waals surface area contributed by atoms with E-state index in [0.29, 0.717) is 48.8 Å². The Kier molecular flexibility index (Phi) is 19.4. The lowest BCUT2D eigenvalue weighted by Crippen LogP contribution is -2.52. The molecule has 9 rings (SSSR count). The third-order valence-electron chi connectivity index (χ3n) is 16.0. The number of benzene rings is 2. The van der Waals surface area contributed by atoms with Gasteiger partial charge in [-0.25, -0.2) is 9.97 Å². The highest BCUT2D eigenvalue weighted by molar-refractivity contribution is 6.74. The van der Waals surface area contributed by atoms with Crippen LogP contribution in [0.1, 0.15) is 105 Å². The van der Waals surface area contributed by atoms with Crippen molar-refractivity contribution in [2.24, 2.45) is 10.8 Å². The van der Waals surface area contributed by atoms with Gasteiger partial charge in [0.05, 0.1) is 74.8 Å². The van der Waals surface area contributed by atoms with E-state index in [1.54, 1.807) is 17.2 Å². The van der Waals surface area contributed by atoms with Crippen LogP contribution in [-0.4, -0.2) is 118 Å². The molecule has 0 radical (unpaired) electrons. The van der Waals surface area contributed by atoms with Gasteiger partial charge in [0.2, 0.25) is 10.6 Å². The molecule has 6 aromatic rings. The van der Waals surface area contributed by atoms with E-state index in [4.69, 9.17) is 67.2 Å². The Morgan fingerprint density at radius 3 is 1.39 bits per heavy atom. The second-order valence-corrected chi connectivity index (χ2v) is 34.1. The summed E-state index contributed by atoms with van der Waals surface area (Å²) in [7, 11) is -4.38. The largest absolute Gasteiger partial charge is 0.410 e. The summed E-state index contributed by atoms with van der Waals surface area (Å²) < 4.78 is 48.5. The summed E-state index contributed by atoms with van der Waals surface area (Å²) in [5.41, 5.74) is 15.0. The molecule has 0 bridgehead atoms. The fourth-order valence-electron chi connectivity index (χ4n) is 9.45. The number of rotatable bonds is 16. The predicted molar refractivity (Wildman–Crippen MR) is 307 cm³/mol. The van der Waals surface area contributed by atoms with E-state index in [-0.39, 0.29) is 51.1 Å². The zero-order valence-corrected chi connectivity index (χ0v) is 50.8. The molecule has 7 heterocycles. The topological polar surface area (TPSA) is 224 Å². The van der Waals surface area contributed by atoms with Crippen LogP contribution >= 0.6 is 23.2 Å². The SMILES string of the molecule is C1CCOC1.CC(C)(C)[Si](C)(C)OC1[C@@H](CO)O[C@@H](n2cnc3c(N)nc(Cl)nc32)[C@@]1(C)COCc1ccccc1.CC[C@H]1O[C@@H](n2cnc3c(N)nc(Cl)nc32)[C@@](C)(COCc2ccccc2)C1O[Si](C)(C)C(C)(C)C. The van der Waals surface area contributed by atoms with Gasteiger partial charge < -0.3 is 49.1 Å². The molecule has 3 aliphatic rings. The smallest absolute Gasteiger partial charge is 0.226 e. The number of nitrogen functional groups attached to an aromatic ring is 2. The molecule has 4 aromatic heterocycles. The quantitative estimate of drug-likeness (QED) is 0.0605. The van der Waals surface area contributed by atoms with Crippen molar-refractivity contribution in [2.75, 3.05) is 44.5 Å². The van der Waals surface area contributed by atoms with E-state index >= 15 is 0 Å². The molecule has 18 nitrogen and oxygen atoms in total. The number of halogens is 2. The first-order chi connectivity index (χ1) is 36.2. The third kappa shape index (κ3) is 13.5. The number of nitrogens with two attached hydrogens (primary N) is 2. The van der Waals surface area contributed by atoms with E-state index in [1.165, 1.54) is 12.8 Å². The minimum Gasteiger partial charge on any atom is -0.410 e. The Bertz CT molecular complexity index is 2670. The van der Waals surface area contributed by atoms with E-state index in [9.17, 15) is 5.11 Å². The Morgan fingerprint density at radius 1 is 0.649 bits per heavy atom. The molecule has 3 fully saturated rings. The van der Waals surface area contributed by atoms with Gasteiger partial charge in [-0.15, -0.1) is 0 Å². The Morgan fingerprint density at radius 2 is 1.04 bits per heavy atom. The van der Waals surface area contributed by atoms with Crippen molar-refractivity contribution in [1.29, 1.82) is 0 Å². The predicted octanol–water partition coefficient (Wildman–Crippen LogP) is 11.3. The minimum absolute atomic E-state index is 0.0227. The zero-order chi connectivity index (χ0) is 56.1. The first-order valence-electron chi connectivity index (χ1n) is 26.6. The Hall–Kier alpha value is -4.17. The molecule has 2 aromatic carbocycles. The molecular formula is C55H82Cl2N10O8Si2. The molecule has 0 spiro atoms. The van der Waals surface area contributed by atoms with Crippen LogP contribution < -0.4 is 11.5 Å². The first-order valence-corrected chi connectivity index (χ1v) is 33.2. The molecule has 8 atom stereocenters. The maximum Gasteiger partial charge on any atom is 0.226 e. The summed E-state index contributed by atoms with van der Waals surface area (Å²) in [6, 6.07) is 20.2. The van der Waals surface area contributed by atoms with Gasteiger partial charge in [-0.2, -0.15) is 19.9 Å². The summed E-state index contributed by atoms with van der Waals surface area (Å²) in [5.74, 6) is 0.432. The van der Waals surface area contributed by atoms with Gasteiger partial charge in [-0.05, 0) is 89.9 Å². The number of hydrogen-bond acceptors (Lipinski definition) is 16. The lowest BCUT2D eigenvalue weighted by molar-refractivity contribution is -0.0736. The number of aromatic nitrogens is 8. The Labute approximate surface area is 466 Å². The van der Waals surface area contributed by atoms with Crippen molar-refractivity contribution in [3.05, 3.63) is 95.0 Å². The molecule has 0 amide bonds. The highest BCUT2D eigenvalue weighted by Gasteiger charge is 2.59. The van der Waals surface area contributed by atoms with Gasteiger partial charge in [0.25, 0.3) is 0 Å². The molecular weight excluding hydrogens is 1060 g/mol. The normalized spacial score (nSPS) is 25.0. The van der Waals surface area contributed by atoms with Crippen molar-refractivity contribution in [3.8, 4) is 0 Å². The standard InChI is InChI=1S/C26H38ClN5O3Si.C25H36ClN5O4Si.C4H8O/c1-8-18-20(35-36(6,7)25(2,3)4)26(5,15-33-14-17-12-10-9-11-13-17)23(34-18)32-16-29-19-21(28)30-24(27)31-22(19)32;1-24(2,3)36(5,6)35-19-17(12-32)34-22(25(19,4)14-33-13-16-10-8-7-9-11-16)31-15-28-18-20(27)29-23(26)30-21(18)31;1-2-4-5-3-1/h9-13,16,18,20,23H,8,14-15H2,1-7H3,(H2,28,30,31);7-11,15,17,19,22,32H,12-14H2,1-6H3,(H2,27,29,30);1-4H2/t18-,20?,23-,26+;17-,19?,22-,25+;/m11./s1. The van der Waals surface area contributed by atoms with Crippen LogP contribution in [-0.2, 0) is 45.8 Å². The van der Waals surface area contributed by atoms with Crippen LogP contribution in [0.3, 0.4) is 0 Å². The molecule has 3 aliphatic heterocycles. The van der Waals surface area contributed by atoms with Crippen LogP contribution in [0.15, 0.2) is 73.3 Å². The van der Waals surface area contributed by atoms with Gasteiger partial charge in [0, 0.05) is 13.2 Å². The number of aliphatic hydroxyl groups excluding tert-OH is 1. The average molecular weight is 1140 g/mol. The lowest BCUT2D eigenvalue weighted by atomic mass is 9.82. The fourth-order valence-corrected chi connectivity index (χ4v) is 12.6. The summed E-state index contributed by atoms with van der Waals surface area (Å²) in [6.07, 6.45) is 4.33. The second kappa shape index (κ2) is 24.7. The fraction of sp³-hybridized carbons (Fsp3) is 0.600. The monoisotopic (exact) mass is 1140 g/mol. The maximum atomic E-state index is 10.4. The molecule has 77 heavy (non-hydrogen) atoms. The van der Waals surface area contributed by atoms with Gasteiger partial charge in [0.15, 0.2) is 39.6 Å². The number of imidazole rings is 2. The molecule has 0 aliphatic carbocycles. The zero-order valence-electron chi connectivity index (χ0n) is 47.3. The molecule has 2 unspecified atom stereocenters. The summed E-state index contributed by atoms with van der Waals surface area (Å²) in [6.45, 7) is 32.1. The molecule has 422 valence electrons. The van der Waals surface area contributed by atoms with Crippen molar-refractivity contribution >= 4 is 73.8 Å². The van der Waals surface area contributed by atoms with Crippen molar-refractivity contribution in [3.63, 3.8) is 0 Å². The Balaban J connectivity index is 0.000000205. The van der Waals surface area contributed by atoms with Gasteiger partial charge in [-0.3, -0.25) is 9.13 Å². The average Bonchev–Trinajstić information content (AvgIpc) is 4.26. The van der Waals surface area contributed by atoms with E-state index in [2.05, 4.69) is 131 Å². The summed E-state index contributed by atoms with van der Waals surface area (Å²) in [5, 5.41) is 10.5. The van der Waals surface area contributed by atoms with Crippen molar-refractivity contribution in [2.45, 2.75) is 168 Å². The highest BCUT2D eigenvalue weighted by atomic mass is 35.5. The number of nitrogens with zero attached hydrogens (tertiary/aromatic N) is 8. The van der Waals surface area contributed by atoms with Crippen LogP contribution in [0.2, 0.25) is 46.8 Å². The highest BCUT2D eigenvalue weighted by Crippen LogP contribution is 2.53. The second-order valence-electron chi connectivity index (χ2n) is 23.9. The number of fused-ring (bicyclic) bond motifs is 2.